The highest BCUT2D eigenvalue weighted by Crippen LogP contribution is 2.21. The minimum absolute atomic E-state index is 0.0758. The van der Waals surface area contributed by atoms with Crippen molar-refractivity contribution in [2.45, 2.75) is 70.6 Å². The van der Waals surface area contributed by atoms with Crippen LogP contribution in [0.3, 0.4) is 0 Å². The molecule has 10 nitrogen and oxygen atoms in total. The lowest BCUT2D eigenvalue weighted by Gasteiger charge is -2.30. The van der Waals surface area contributed by atoms with Gasteiger partial charge in [0, 0.05) is 13.0 Å². The quantitative estimate of drug-likeness (QED) is 0.335. The molecule has 0 bridgehead atoms. The van der Waals surface area contributed by atoms with E-state index in [0.717, 1.165) is 0 Å². The van der Waals surface area contributed by atoms with Gasteiger partial charge in [0.1, 0.15) is 23.9 Å². The largest absolute Gasteiger partial charge is 0.508 e. The molecule has 3 amide bonds. The summed E-state index contributed by atoms with van der Waals surface area (Å²) in [5, 5.41) is 24.2. The van der Waals surface area contributed by atoms with Crippen molar-refractivity contribution in [2.24, 2.45) is 11.7 Å². The molecule has 0 saturated carbocycles. The zero-order valence-electron chi connectivity index (χ0n) is 19.3. The van der Waals surface area contributed by atoms with Gasteiger partial charge in [-0.15, -0.1) is 0 Å². The Bertz CT molecular complexity index is 857. The van der Waals surface area contributed by atoms with Gasteiger partial charge in [-0.25, -0.2) is 4.79 Å². The van der Waals surface area contributed by atoms with Gasteiger partial charge in [-0.3, -0.25) is 14.4 Å². The van der Waals surface area contributed by atoms with E-state index >= 15 is 0 Å². The van der Waals surface area contributed by atoms with Crippen LogP contribution in [0.5, 0.6) is 5.75 Å². The van der Waals surface area contributed by atoms with E-state index in [0.29, 0.717) is 31.4 Å². The van der Waals surface area contributed by atoms with Crippen LogP contribution in [-0.4, -0.2) is 69.5 Å². The molecule has 33 heavy (non-hydrogen) atoms. The number of nitrogens with two attached hydrogens (primary N) is 1. The molecule has 2 rings (SSSR count). The number of nitrogens with zero attached hydrogens (tertiary/aromatic N) is 1. The van der Waals surface area contributed by atoms with Crippen LogP contribution >= 0.6 is 0 Å². The maximum Gasteiger partial charge on any atom is 0.326 e. The van der Waals surface area contributed by atoms with Gasteiger partial charge in [-0.2, -0.15) is 0 Å². The minimum Gasteiger partial charge on any atom is -0.508 e. The third kappa shape index (κ3) is 6.92. The number of phenolic OH excluding ortho intramolecular Hbond substituents is 1. The first kappa shape index (κ1) is 26.1. The number of phenols is 1. The molecular formula is C23H34N4O6. The lowest BCUT2D eigenvalue weighted by atomic mass is 9.98. The number of carboxylic acids is 1. The van der Waals surface area contributed by atoms with Gasteiger partial charge < -0.3 is 31.5 Å². The second-order valence-electron chi connectivity index (χ2n) is 8.62. The molecule has 1 fully saturated rings. The molecule has 182 valence electrons. The van der Waals surface area contributed by atoms with E-state index < -0.39 is 47.9 Å². The fraction of sp³-hybridized carbons (Fsp3) is 0.565. The van der Waals surface area contributed by atoms with Crippen LogP contribution in [0.1, 0.15) is 45.6 Å². The summed E-state index contributed by atoms with van der Waals surface area (Å²) in [6.07, 6.45) is 1.70. The van der Waals surface area contributed by atoms with Crippen molar-refractivity contribution in [3.05, 3.63) is 29.8 Å². The number of benzene rings is 1. The number of carbonyl (C=O) groups excluding carboxylic acids is 3. The fourth-order valence-corrected chi connectivity index (χ4v) is 3.81. The summed E-state index contributed by atoms with van der Waals surface area (Å²) in [5.41, 5.74) is 6.37. The standard InChI is InChI=1S/C23H34N4O6/c1-4-13(2)19(23(32)33)26-21(30)18-6-5-11-27(18)22(31)17(25-20(29)14(3)24)12-15-7-9-16(28)10-8-15/h7-10,13-14,17-19,28H,4-6,11-12,24H2,1-3H3,(H,25,29)(H,26,30)(H,32,33). The van der Waals surface area contributed by atoms with E-state index in [9.17, 15) is 29.4 Å². The molecule has 6 N–H and O–H groups in total. The summed E-state index contributed by atoms with van der Waals surface area (Å²) in [4.78, 5) is 51.6. The molecule has 1 aromatic carbocycles. The summed E-state index contributed by atoms with van der Waals surface area (Å²) >= 11 is 0. The van der Waals surface area contributed by atoms with Gasteiger partial charge in [0.15, 0.2) is 0 Å². The lowest BCUT2D eigenvalue weighted by Crippen LogP contribution is -2.57. The Kier molecular flexibility index (Phi) is 9.22. The molecule has 1 aliphatic rings. The first-order valence-corrected chi connectivity index (χ1v) is 11.2. The van der Waals surface area contributed by atoms with Crippen molar-refractivity contribution in [1.82, 2.24) is 15.5 Å². The van der Waals surface area contributed by atoms with Crippen LogP contribution in [0.2, 0.25) is 0 Å². The number of carbonyl (C=O) groups is 4. The van der Waals surface area contributed by atoms with Gasteiger partial charge in [-0.05, 0) is 43.4 Å². The normalized spacial score (nSPS) is 19.3. The maximum absolute atomic E-state index is 13.4. The highest BCUT2D eigenvalue weighted by atomic mass is 16.4. The number of rotatable bonds is 10. The smallest absolute Gasteiger partial charge is 0.326 e. The predicted octanol–water partition coefficient (Wildman–Crippen LogP) is 0.373. The highest BCUT2D eigenvalue weighted by Gasteiger charge is 2.39. The van der Waals surface area contributed by atoms with Crippen molar-refractivity contribution in [3.8, 4) is 5.75 Å². The summed E-state index contributed by atoms with van der Waals surface area (Å²) in [6.45, 7) is 5.41. The Balaban J connectivity index is 2.21. The van der Waals surface area contributed by atoms with Crippen molar-refractivity contribution in [2.75, 3.05) is 6.54 Å². The van der Waals surface area contributed by atoms with Crippen molar-refractivity contribution < 1.29 is 29.4 Å². The van der Waals surface area contributed by atoms with E-state index in [4.69, 9.17) is 5.73 Å². The molecule has 5 atom stereocenters. The zero-order valence-corrected chi connectivity index (χ0v) is 19.3. The van der Waals surface area contributed by atoms with Gasteiger partial charge >= 0.3 is 5.97 Å². The van der Waals surface area contributed by atoms with E-state index in [-0.39, 0.29) is 18.1 Å². The third-order valence-corrected chi connectivity index (χ3v) is 6.02. The molecular weight excluding hydrogens is 428 g/mol. The zero-order chi connectivity index (χ0) is 24.7. The number of nitrogens with one attached hydrogen (secondary N) is 2. The van der Waals surface area contributed by atoms with Crippen LogP contribution in [0.25, 0.3) is 0 Å². The molecule has 0 aromatic heterocycles. The van der Waals surface area contributed by atoms with Crippen LogP contribution in [-0.2, 0) is 25.6 Å². The number of aromatic hydroxyl groups is 1. The Morgan fingerprint density at radius 3 is 2.33 bits per heavy atom. The second kappa shape index (κ2) is 11.6. The Morgan fingerprint density at radius 1 is 1.15 bits per heavy atom. The van der Waals surface area contributed by atoms with E-state index in [1.165, 1.54) is 24.0 Å². The Morgan fingerprint density at radius 2 is 1.79 bits per heavy atom. The van der Waals surface area contributed by atoms with Crippen molar-refractivity contribution >= 4 is 23.7 Å². The fourth-order valence-electron chi connectivity index (χ4n) is 3.81. The highest BCUT2D eigenvalue weighted by molar-refractivity contribution is 5.94. The molecule has 1 aliphatic heterocycles. The van der Waals surface area contributed by atoms with E-state index in [1.54, 1.807) is 19.1 Å². The predicted molar refractivity (Wildman–Crippen MR) is 121 cm³/mol. The summed E-state index contributed by atoms with van der Waals surface area (Å²) in [6, 6.07) is 2.59. The third-order valence-electron chi connectivity index (χ3n) is 6.02. The molecule has 1 heterocycles. The van der Waals surface area contributed by atoms with E-state index in [2.05, 4.69) is 10.6 Å². The second-order valence-corrected chi connectivity index (χ2v) is 8.62. The summed E-state index contributed by atoms with van der Waals surface area (Å²) in [5.74, 6) is -2.78. The molecule has 1 aromatic rings. The Labute approximate surface area is 193 Å². The lowest BCUT2D eigenvalue weighted by molar-refractivity contribution is -0.146. The SMILES string of the molecule is CCC(C)C(NC(=O)C1CCCN1C(=O)C(Cc1ccc(O)cc1)NC(=O)C(C)N)C(=O)O. The number of carboxylic acid groups (broad SMARTS) is 1. The van der Waals surface area contributed by atoms with Crippen LogP contribution < -0.4 is 16.4 Å². The minimum atomic E-state index is -1.12. The van der Waals surface area contributed by atoms with Crippen molar-refractivity contribution in [3.63, 3.8) is 0 Å². The molecule has 0 spiro atoms. The number of hydrogen-bond donors (Lipinski definition) is 5. The van der Waals surface area contributed by atoms with Crippen LogP contribution in [0.4, 0.5) is 0 Å². The number of likely N-dealkylation sites (tertiary alicyclic amines) is 1. The maximum atomic E-state index is 13.4. The number of amides is 3. The van der Waals surface area contributed by atoms with Gasteiger partial charge in [0.2, 0.25) is 17.7 Å². The van der Waals surface area contributed by atoms with E-state index in [1.807, 2.05) is 6.92 Å². The first-order valence-electron chi connectivity index (χ1n) is 11.2. The number of aliphatic carboxylic acids is 1. The average Bonchev–Trinajstić information content (AvgIpc) is 3.27. The molecule has 0 aliphatic carbocycles. The summed E-state index contributed by atoms with van der Waals surface area (Å²) in [7, 11) is 0. The molecule has 5 unspecified atom stereocenters. The van der Waals surface area contributed by atoms with Gasteiger partial charge in [0.25, 0.3) is 0 Å². The number of hydrogen-bond acceptors (Lipinski definition) is 6. The first-order chi connectivity index (χ1) is 15.5. The average molecular weight is 463 g/mol. The monoisotopic (exact) mass is 462 g/mol. The Hall–Kier alpha value is -3.14. The molecule has 10 heteroatoms. The summed E-state index contributed by atoms with van der Waals surface area (Å²) < 4.78 is 0. The molecule has 0 radical (unpaired) electrons. The van der Waals surface area contributed by atoms with Crippen LogP contribution in [0.15, 0.2) is 24.3 Å². The van der Waals surface area contributed by atoms with Crippen LogP contribution in [0, 0.1) is 5.92 Å². The van der Waals surface area contributed by atoms with Crippen molar-refractivity contribution in [1.29, 1.82) is 0 Å². The molecule has 1 saturated heterocycles. The topological polar surface area (TPSA) is 162 Å². The van der Waals surface area contributed by atoms with Gasteiger partial charge in [0.05, 0.1) is 6.04 Å². The van der Waals surface area contributed by atoms with Gasteiger partial charge in [-0.1, -0.05) is 32.4 Å².